The molecule has 0 aliphatic heterocycles. The van der Waals surface area contributed by atoms with Gasteiger partial charge in [-0.2, -0.15) is 4.31 Å². The summed E-state index contributed by atoms with van der Waals surface area (Å²) in [6.07, 6.45) is 0. The molecular weight excluding hydrogens is 538 g/mol. The maximum Gasteiger partial charge on any atom is 0.251 e. The zero-order valence-corrected chi connectivity index (χ0v) is 24.2. The number of carbonyl (C=O) groups is 3. The smallest absolute Gasteiger partial charge is 0.251 e. The van der Waals surface area contributed by atoms with Crippen LogP contribution in [-0.4, -0.2) is 54.6 Å². The van der Waals surface area contributed by atoms with Crippen molar-refractivity contribution < 1.29 is 22.8 Å². The van der Waals surface area contributed by atoms with Crippen LogP contribution in [0, 0.1) is 5.92 Å². The molecule has 0 saturated carbocycles. The second-order valence-corrected chi connectivity index (χ2v) is 11.9. The minimum atomic E-state index is -3.74. The average molecular weight is 572 g/mol. The number of hydrogen-bond acceptors (Lipinski definition) is 7. The van der Waals surface area contributed by atoms with Gasteiger partial charge in [0.05, 0.1) is 10.6 Å². The predicted molar refractivity (Wildman–Crippen MR) is 153 cm³/mol. The summed E-state index contributed by atoms with van der Waals surface area (Å²) in [5.74, 6) is -1.41. The van der Waals surface area contributed by atoms with E-state index in [0.717, 1.165) is 5.56 Å². The largest absolute Gasteiger partial charge is 0.340 e. The van der Waals surface area contributed by atoms with Crippen molar-refractivity contribution >= 4 is 49.9 Å². The average Bonchev–Trinajstić information content (AvgIpc) is 3.36. The van der Waals surface area contributed by atoms with Gasteiger partial charge in [-0.05, 0) is 36.2 Å². The molecule has 3 rings (SSSR count). The number of sulfonamides is 1. The van der Waals surface area contributed by atoms with Gasteiger partial charge in [0, 0.05) is 42.2 Å². The van der Waals surface area contributed by atoms with Crippen LogP contribution in [0.2, 0.25) is 0 Å². The molecule has 0 radical (unpaired) electrons. The molecule has 1 atom stereocenters. The van der Waals surface area contributed by atoms with Gasteiger partial charge >= 0.3 is 0 Å². The Morgan fingerprint density at radius 1 is 1.00 bits per heavy atom. The van der Waals surface area contributed by atoms with Crippen LogP contribution in [0.15, 0.2) is 58.8 Å². The van der Waals surface area contributed by atoms with E-state index in [1.807, 2.05) is 12.1 Å². The monoisotopic (exact) mass is 571 g/mol. The first kappa shape index (κ1) is 29.9. The molecule has 3 N–H and O–H groups in total. The summed E-state index contributed by atoms with van der Waals surface area (Å²) >= 11 is 1.25. The molecule has 12 heteroatoms. The van der Waals surface area contributed by atoms with Crippen LogP contribution in [0.1, 0.15) is 45.0 Å². The molecule has 0 saturated heterocycles. The number of aromatic nitrogens is 1. The van der Waals surface area contributed by atoms with Crippen LogP contribution < -0.4 is 16.0 Å². The Morgan fingerprint density at radius 3 is 2.26 bits per heavy atom. The van der Waals surface area contributed by atoms with Crippen LogP contribution in [0.3, 0.4) is 0 Å². The number of rotatable bonds is 11. The second kappa shape index (κ2) is 13.0. The van der Waals surface area contributed by atoms with Gasteiger partial charge < -0.3 is 16.0 Å². The Labute approximate surface area is 232 Å². The van der Waals surface area contributed by atoms with Crippen molar-refractivity contribution in [2.75, 3.05) is 23.7 Å². The lowest BCUT2D eigenvalue weighted by molar-refractivity contribution is -0.119. The first-order valence-electron chi connectivity index (χ1n) is 12.5. The highest BCUT2D eigenvalue weighted by Gasteiger charge is 2.27. The SMILES string of the molecule is CCN(CC)S(=O)(=O)c1cccc(C(=O)NC(C(=O)Nc2nc(-c3ccc(NC(C)=O)cc3)cs2)C(C)C)c1. The van der Waals surface area contributed by atoms with Gasteiger partial charge in [0.1, 0.15) is 6.04 Å². The van der Waals surface area contributed by atoms with E-state index >= 15 is 0 Å². The molecule has 39 heavy (non-hydrogen) atoms. The van der Waals surface area contributed by atoms with Crippen molar-refractivity contribution in [3.63, 3.8) is 0 Å². The zero-order valence-electron chi connectivity index (χ0n) is 22.5. The normalized spacial score (nSPS) is 12.3. The topological polar surface area (TPSA) is 138 Å². The van der Waals surface area contributed by atoms with Gasteiger partial charge in [0.25, 0.3) is 5.91 Å². The molecule has 208 valence electrons. The van der Waals surface area contributed by atoms with Crippen LogP contribution in [0.25, 0.3) is 11.3 Å². The number of benzene rings is 2. The third-order valence-electron chi connectivity index (χ3n) is 5.91. The number of anilines is 2. The van der Waals surface area contributed by atoms with Crippen molar-refractivity contribution in [1.29, 1.82) is 0 Å². The maximum atomic E-state index is 13.1. The molecule has 0 aliphatic carbocycles. The van der Waals surface area contributed by atoms with E-state index in [2.05, 4.69) is 20.9 Å². The van der Waals surface area contributed by atoms with Gasteiger partial charge in [-0.3, -0.25) is 14.4 Å². The molecule has 0 spiro atoms. The molecule has 2 aromatic carbocycles. The standard InChI is InChI=1S/C27H33N5O5S2/c1-6-32(7-2)39(36,37)22-10-8-9-20(15-22)25(34)30-24(17(3)4)26(35)31-27-29-23(16-38-27)19-11-13-21(14-12-19)28-18(5)33/h8-17,24H,6-7H2,1-5H3,(H,28,33)(H,30,34)(H,29,31,35). The number of nitrogens with zero attached hydrogens (tertiary/aromatic N) is 2. The Hall–Kier alpha value is -3.61. The van der Waals surface area contributed by atoms with E-state index < -0.39 is 27.9 Å². The first-order chi connectivity index (χ1) is 18.5. The van der Waals surface area contributed by atoms with Crippen molar-refractivity contribution in [2.45, 2.75) is 45.6 Å². The van der Waals surface area contributed by atoms with Crippen molar-refractivity contribution in [2.24, 2.45) is 5.92 Å². The molecule has 1 unspecified atom stereocenters. The van der Waals surface area contributed by atoms with Crippen LogP contribution in [0.5, 0.6) is 0 Å². The summed E-state index contributed by atoms with van der Waals surface area (Å²) < 4.78 is 27.1. The zero-order chi connectivity index (χ0) is 28.7. The summed E-state index contributed by atoms with van der Waals surface area (Å²) in [6, 6.07) is 12.1. The number of carbonyl (C=O) groups excluding carboxylic acids is 3. The van der Waals surface area contributed by atoms with Crippen LogP contribution in [-0.2, 0) is 19.6 Å². The van der Waals surface area contributed by atoms with Crippen LogP contribution in [0.4, 0.5) is 10.8 Å². The summed E-state index contributed by atoms with van der Waals surface area (Å²) in [5, 5.41) is 10.4. The fourth-order valence-corrected chi connectivity index (χ4v) is 6.07. The molecular formula is C27H33N5O5S2. The van der Waals surface area contributed by atoms with Gasteiger partial charge in [0.2, 0.25) is 21.8 Å². The summed E-state index contributed by atoms with van der Waals surface area (Å²) in [5.41, 5.74) is 2.28. The highest BCUT2D eigenvalue weighted by Crippen LogP contribution is 2.26. The Kier molecular flexibility index (Phi) is 9.95. The second-order valence-electron chi connectivity index (χ2n) is 9.10. The Balaban J connectivity index is 1.72. The molecule has 0 bridgehead atoms. The minimum Gasteiger partial charge on any atom is -0.340 e. The van der Waals surface area contributed by atoms with Crippen molar-refractivity contribution in [3.05, 3.63) is 59.5 Å². The fraction of sp³-hybridized carbons (Fsp3) is 0.333. The molecule has 3 amide bonds. The van der Waals surface area contributed by atoms with Crippen molar-refractivity contribution in [3.8, 4) is 11.3 Å². The van der Waals surface area contributed by atoms with Gasteiger partial charge in [-0.1, -0.05) is 45.9 Å². The number of hydrogen-bond donors (Lipinski definition) is 3. The third-order valence-corrected chi connectivity index (χ3v) is 8.71. The Morgan fingerprint density at radius 2 is 1.67 bits per heavy atom. The van der Waals surface area contributed by atoms with E-state index in [4.69, 9.17) is 0 Å². The highest BCUT2D eigenvalue weighted by molar-refractivity contribution is 7.89. The van der Waals surface area contributed by atoms with Crippen LogP contribution >= 0.6 is 11.3 Å². The third kappa shape index (κ3) is 7.49. The molecule has 0 aliphatic rings. The van der Waals surface area contributed by atoms with E-state index in [0.29, 0.717) is 29.6 Å². The molecule has 3 aromatic rings. The van der Waals surface area contributed by atoms with Gasteiger partial charge in [-0.15, -0.1) is 11.3 Å². The van der Waals surface area contributed by atoms with E-state index in [9.17, 15) is 22.8 Å². The molecule has 1 aromatic heterocycles. The summed E-state index contributed by atoms with van der Waals surface area (Å²) in [4.78, 5) is 41.9. The number of thiazole rings is 1. The fourth-order valence-electron chi connectivity index (χ4n) is 3.84. The number of nitrogens with one attached hydrogen (secondary N) is 3. The predicted octanol–water partition coefficient (Wildman–Crippen LogP) is 4.19. The lowest BCUT2D eigenvalue weighted by Crippen LogP contribution is -2.47. The molecule has 0 fully saturated rings. The maximum absolute atomic E-state index is 13.1. The summed E-state index contributed by atoms with van der Waals surface area (Å²) in [6.45, 7) is 9.16. The van der Waals surface area contributed by atoms with E-state index in [1.165, 1.54) is 46.8 Å². The lowest BCUT2D eigenvalue weighted by Gasteiger charge is -2.22. The van der Waals surface area contributed by atoms with Crippen molar-refractivity contribution in [1.82, 2.24) is 14.6 Å². The van der Waals surface area contributed by atoms with E-state index in [-0.39, 0.29) is 22.3 Å². The molecule has 1 heterocycles. The van der Waals surface area contributed by atoms with Gasteiger partial charge in [0.15, 0.2) is 5.13 Å². The lowest BCUT2D eigenvalue weighted by atomic mass is 10.0. The Bertz CT molecular complexity index is 1430. The number of amides is 3. The summed E-state index contributed by atoms with van der Waals surface area (Å²) in [7, 11) is -3.74. The highest BCUT2D eigenvalue weighted by atomic mass is 32.2. The van der Waals surface area contributed by atoms with E-state index in [1.54, 1.807) is 45.2 Å². The molecule has 10 nitrogen and oxygen atoms in total. The van der Waals surface area contributed by atoms with Gasteiger partial charge in [-0.25, -0.2) is 13.4 Å². The minimum absolute atomic E-state index is 0.0184. The first-order valence-corrected chi connectivity index (χ1v) is 14.8. The quantitative estimate of drug-likeness (QED) is 0.316.